The molecule has 1 aliphatic heterocycles. The lowest BCUT2D eigenvalue weighted by Crippen LogP contribution is -2.42. The van der Waals surface area contributed by atoms with E-state index in [1.807, 2.05) is 0 Å². The van der Waals surface area contributed by atoms with Gasteiger partial charge in [-0.3, -0.25) is 14.3 Å². The van der Waals surface area contributed by atoms with Gasteiger partial charge < -0.3 is 9.84 Å². The minimum atomic E-state index is -2.85. The molecule has 2 N–H and O–H groups in total. The lowest BCUT2D eigenvalue weighted by molar-refractivity contribution is -0.169. The molecule has 0 radical (unpaired) electrons. The second-order valence-corrected chi connectivity index (χ2v) is 4.61. The molecule has 1 saturated heterocycles. The second-order valence-electron chi connectivity index (χ2n) is 4.61. The van der Waals surface area contributed by atoms with Crippen LogP contribution in [0, 0.1) is 6.92 Å². The molecule has 1 aliphatic rings. The van der Waals surface area contributed by atoms with Crippen molar-refractivity contribution >= 4 is 0 Å². The molecule has 106 valence electrons. The third-order valence-electron chi connectivity index (χ3n) is 3.31. The lowest BCUT2D eigenvalue weighted by Gasteiger charge is -2.26. The first kappa shape index (κ1) is 13.9. The van der Waals surface area contributed by atoms with E-state index in [1.165, 1.54) is 13.1 Å². The summed E-state index contributed by atoms with van der Waals surface area (Å²) < 4.78 is 32.0. The van der Waals surface area contributed by atoms with Crippen LogP contribution in [-0.4, -0.2) is 33.3 Å². The molecule has 2 rings (SSSR count). The molecule has 2 heterocycles. The van der Waals surface area contributed by atoms with E-state index in [0.717, 1.165) is 4.57 Å². The van der Waals surface area contributed by atoms with Gasteiger partial charge in [-0.1, -0.05) is 0 Å². The summed E-state index contributed by atoms with van der Waals surface area (Å²) in [7, 11) is 0. The van der Waals surface area contributed by atoms with Gasteiger partial charge in [-0.2, -0.15) is 0 Å². The minimum absolute atomic E-state index is 0.0591. The smallest absolute Gasteiger partial charge is 0.330 e. The minimum Gasteiger partial charge on any atom is -0.393 e. The van der Waals surface area contributed by atoms with Crippen LogP contribution < -0.4 is 11.2 Å². The maximum atomic E-state index is 12.9. The molecule has 0 aromatic carbocycles. The molecule has 0 aliphatic carbocycles. The zero-order valence-electron chi connectivity index (χ0n) is 10.2. The average Bonchev–Trinajstić information content (AvgIpc) is 2.79. The zero-order chi connectivity index (χ0) is 14.2. The summed E-state index contributed by atoms with van der Waals surface area (Å²) in [5.74, 6) is 0. The normalized spacial score (nSPS) is 27.1. The van der Waals surface area contributed by atoms with Crippen molar-refractivity contribution in [2.75, 3.05) is 6.61 Å². The van der Waals surface area contributed by atoms with Crippen molar-refractivity contribution in [1.82, 2.24) is 9.55 Å². The molecule has 0 unspecified atom stereocenters. The summed E-state index contributed by atoms with van der Waals surface area (Å²) in [5.41, 5.74) is -2.90. The lowest BCUT2D eigenvalue weighted by atomic mass is 10.0. The van der Waals surface area contributed by atoms with Gasteiger partial charge in [0.05, 0.1) is 6.61 Å². The van der Waals surface area contributed by atoms with E-state index in [-0.39, 0.29) is 18.4 Å². The number of rotatable bonds is 3. The third kappa shape index (κ3) is 2.33. The summed E-state index contributed by atoms with van der Waals surface area (Å²) in [4.78, 5) is 24.9. The summed E-state index contributed by atoms with van der Waals surface area (Å²) in [6.07, 6.45) is -2.39. The number of nitrogens with one attached hydrogen (secondary N) is 1. The van der Waals surface area contributed by atoms with E-state index < -0.39 is 36.1 Å². The summed E-state index contributed by atoms with van der Waals surface area (Å²) >= 11 is 0. The topological polar surface area (TPSA) is 84.3 Å². The van der Waals surface area contributed by atoms with Gasteiger partial charge in [0, 0.05) is 11.8 Å². The predicted molar refractivity (Wildman–Crippen MR) is 61.2 cm³/mol. The van der Waals surface area contributed by atoms with E-state index in [2.05, 4.69) is 4.98 Å². The van der Waals surface area contributed by atoms with Crippen molar-refractivity contribution < 1.29 is 18.6 Å². The van der Waals surface area contributed by atoms with Gasteiger partial charge in [-0.25, -0.2) is 13.6 Å². The largest absolute Gasteiger partial charge is 0.393 e. The molecule has 2 atom stereocenters. The van der Waals surface area contributed by atoms with Crippen molar-refractivity contribution in [3.8, 4) is 0 Å². The maximum Gasteiger partial charge on any atom is 0.330 e. The number of hydrogen-bond donors (Lipinski definition) is 2. The van der Waals surface area contributed by atoms with Gasteiger partial charge >= 0.3 is 5.69 Å². The molecule has 1 aromatic heterocycles. The molecule has 0 bridgehead atoms. The number of aliphatic hydroxyl groups is 1. The fourth-order valence-electron chi connectivity index (χ4n) is 2.10. The Kier molecular flexibility index (Phi) is 3.55. The molecule has 0 spiro atoms. The Bertz CT molecular complexity index is 583. The Balaban J connectivity index is 2.34. The average molecular weight is 276 g/mol. The van der Waals surface area contributed by atoms with Gasteiger partial charge in [0.15, 0.2) is 5.60 Å². The first-order valence-corrected chi connectivity index (χ1v) is 5.78. The van der Waals surface area contributed by atoms with Gasteiger partial charge in [0.1, 0.15) is 6.23 Å². The number of nitrogens with zero attached hydrogens (tertiary/aromatic N) is 1. The maximum absolute atomic E-state index is 12.9. The Labute approximate surface area is 106 Å². The quantitative estimate of drug-likeness (QED) is 0.823. The fraction of sp³-hybridized carbons (Fsp3) is 0.636. The molecule has 19 heavy (non-hydrogen) atoms. The van der Waals surface area contributed by atoms with Gasteiger partial charge in [0.2, 0.25) is 0 Å². The standard InChI is InChI=1S/C11H14F2N2O4/c1-6-4-15(10(18)14-8(6)17)7-2-3-11(5-16,19-7)9(12)13/h4,7,9,16H,2-3,5H2,1H3,(H,14,17,18)/t7-,11-/m0/s1. The number of aliphatic hydroxyl groups excluding tert-OH is 1. The highest BCUT2D eigenvalue weighted by Crippen LogP contribution is 2.39. The first-order valence-electron chi connectivity index (χ1n) is 5.78. The molecular formula is C11H14F2N2O4. The number of halogens is 2. The number of hydrogen-bond acceptors (Lipinski definition) is 4. The van der Waals surface area contributed by atoms with E-state index in [1.54, 1.807) is 0 Å². The Morgan fingerprint density at radius 3 is 2.84 bits per heavy atom. The monoisotopic (exact) mass is 276 g/mol. The predicted octanol–water partition coefficient (Wildman–Crippen LogP) is 0.150. The number of ether oxygens (including phenoxy) is 1. The Morgan fingerprint density at radius 2 is 2.32 bits per heavy atom. The zero-order valence-corrected chi connectivity index (χ0v) is 10.2. The number of H-pyrrole nitrogens is 1. The van der Waals surface area contributed by atoms with Gasteiger partial charge in [0.25, 0.3) is 12.0 Å². The fourth-order valence-corrected chi connectivity index (χ4v) is 2.10. The van der Waals surface area contributed by atoms with E-state index in [0.29, 0.717) is 0 Å². The highest BCUT2D eigenvalue weighted by Gasteiger charge is 2.48. The van der Waals surface area contributed by atoms with Crippen LogP contribution >= 0.6 is 0 Å². The third-order valence-corrected chi connectivity index (χ3v) is 3.31. The van der Waals surface area contributed by atoms with Crippen LogP contribution in [0.25, 0.3) is 0 Å². The van der Waals surface area contributed by atoms with Gasteiger partial charge in [-0.15, -0.1) is 0 Å². The summed E-state index contributed by atoms with van der Waals surface area (Å²) in [5, 5.41) is 9.07. The van der Waals surface area contributed by atoms with E-state index in [9.17, 15) is 18.4 Å². The first-order chi connectivity index (χ1) is 8.89. The van der Waals surface area contributed by atoms with Gasteiger partial charge in [-0.05, 0) is 19.8 Å². The molecule has 0 saturated carbocycles. The van der Waals surface area contributed by atoms with Crippen molar-refractivity contribution in [1.29, 1.82) is 0 Å². The number of alkyl halides is 2. The highest BCUT2D eigenvalue weighted by molar-refractivity contribution is 5.02. The van der Waals surface area contributed by atoms with Crippen LogP contribution in [0.5, 0.6) is 0 Å². The number of aryl methyl sites for hydroxylation is 1. The van der Waals surface area contributed by atoms with Crippen LogP contribution in [0.15, 0.2) is 15.8 Å². The number of aromatic amines is 1. The van der Waals surface area contributed by atoms with E-state index in [4.69, 9.17) is 9.84 Å². The van der Waals surface area contributed by atoms with Crippen molar-refractivity contribution in [2.45, 2.75) is 38.0 Å². The van der Waals surface area contributed by atoms with Crippen LogP contribution in [0.4, 0.5) is 8.78 Å². The van der Waals surface area contributed by atoms with Crippen molar-refractivity contribution in [2.24, 2.45) is 0 Å². The van der Waals surface area contributed by atoms with Crippen LogP contribution in [0.3, 0.4) is 0 Å². The van der Waals surface area contributed by atoms with Crippen molar-refractivity contribution in [3.63, 3.8) is 0 Å². The summed E-state index contributed by atoms with van der Waals surface area (Å²) in [6, 6.07) is 0. The van der Waals surface area contributed by atoms with Crippen molar-refractivity contribution in [3.05, 3.63) is 32.6 Å². The van der Waals surface area contributed by atoms with Crippen LogP contribution in [0.1, 0.15) is 24.6 Å². The Morgan fingerprint density at radius 1 is 1.63 bits per heavy atom. The van der Waals surface area contributed by atoms with Crippen LogP contribution in [0.2, 0.25) is 0 Å². The number of aromatic nitrogens is 2. The molecular weight excluding hydrogens is 262 g/mol. The molecule has 0 amide bonds. The molecule has 8 heteroatoms. The van der Waals surface area contributed by atoms with E-state index >= 15 is 0 Å². The Hall–Kier alpha value is -1.54. The molecule has 1 fully saturated rings. The SMILES string of the molecule is Cc1cn([C@@H]2CC[C@](CO)(C(F)F)O2)c(=O)[nH]c1=O. The highest BCUT2D eigenvalue weighted by atomic mass is 19.3. The second kappa shape index (κ2) is 4.86. The summed E-state index contributed by atoms with van der Waals surface area (Å²) in [6.45, 7) is 0.675. The molecule has 6 nitrogen and oxygen atoms in total. The molecule has 1 aromatic rings. The van der Waals surface area contributed by atoms with Crippen LogP contribution in [-0.2, 0) is 4.74 Å².